The number of nitrogens with zero attached hydrogens (tertiary/aromatic N) is 2. The highest BCUT2D eigenvalue weighted by molar-refractivity contribution is 7.17. The molecule has 0 unspecified atom stereocenters. The van der Waals surface area contributed by atoms with E-state index >= 15 is 0 Å². The summed E-state index contributed by atoms with van der Waals surface area (Å²) in [5.41, 5.74) is 1.87. The number of thiophene rings is 1. The lowest BCUT2D eigenvalue weighted by atomic mass is 10.3. The molecule has 2 heterocycles. The molecule has 74 valence electrons. The summed E-state index contributed by atoms with van der Waals surface area (Å²) >= 11 is 7.02. The van der Waals surface area contributed by atoms with Crippen LogP contribution in [0.3, 0.4) is 0 Å². The highest BCUT2D eigenvalue weighted by Crippen LogP contribution is 2.19. The maximum Gasteiger partial charge on any atom is 0.271 e. The van der Waals surface area contributed by atoms with Crippen molar-refractivity contribution in [3.63, 3.8) is 0 Å². The van der Waals surface area contributed by atoms with E-state index in [9.17, 15) is 4.79 Å². The van der Waals surface area contributed by atoms with Crippen LogP contribution in [0.1, 0.15) is 5.56 Å². The van der Waals surface area contributed by atoms with Gasteiger partial charge < -0.3 is 0 Å². The predicted molar refractivity (Wildman–Crippen MR) is 59.3 cm³/mol. The number of rotatable bonds is 2. The van der Waals surface area contributed by atoms with Gasteiger partial charge in [0.25, 0.3) is 5.56 Å². The molecular formula is C9H9ClN2OS. The van der Waals surface area contributed by atoms with Gasteiger partial charge in [-0.05, 0) is 17.9 Å². The van der Waals surface area contributed by atoms with E-state index in [2.05, 4.69) is 4.98 Å². The molecule has 14 heavy (non-hydrogen) atoms. The van der Waals surface area contributed by atoms with Crippen LogP contribution in [-0.4, -0.2) is 15.4 Å². The van der Waals surface area contributed by atoms with Crippen molar-refractivity contribution in [2.45, 2.75) is 13.5 Å². The van der Waals surface area contributed by atoms with Crippen LogP contribution in [0.5, 0.6) is 0 Å². The van der Waals surface area contributed by atoms with Gasteiger partial charge in [0.1, 0.15) is 4.70 Å². The maximum atomic E-state index is 11.8. The summed E-state index contributed by atoms with van der Waals surface area (Å²) in [6.45, 7) is 2.47. The van der Waals surface area contributed by atoms with Gasteiger partial charge in [-0.15, -0.1) is 22.9 Å². The molecule has 0 fully saturated rings. The van der Waals surface area contributed by atoms with E-state index in [1.165, 1.54) is 11.3 Å². The van der Waals surface area contributed by atoms with Crippen molar-refractivity contribution in [1.82, 2.24) is 9.55 Å². The lowest BCUT2D eigenvalue weighted by molar-refractivity contribution is 0.723. The summed E-state index contributed by atoms with van der Waals surface area (Å²) in [6.07, 6.45) is 1.56. The summed E-state index contributed by atoms with van der Waals surface area (Å²) in [6, 6.07) is 0. The minimum absolute atomic E-state index is 0.00810. The van der Waals surface area contributed by atoms with Gasteiger partial charge in [-0.1, -0.05) is 0 Å². The number of alkyl halides is 1. The first kappa shape index (κ1) is 9.68. The Kier molecular flexibility index (Phi) is 2.56. The summed E-state index contributed by atoms with van der Waals surface area (Å²) in [5.74, 6) is 0.428. The van der Waals surface area contributed by atoms with E-state index in [1.807, 2.05) is 12.3 Å². The van der Waals surface area contributed by atoms with Crippen LogP contribution < -0.4 is 5.56 Å². The Labute approximate surface area is 90.0 Å². The Morgan fingerprint density at radius 2 is 2.43 bits per heavy atom. The molecule has 0 bridgehead atoms. The first-order valence-electron chi connectivity index (χ1n) is 4.23. The zero-order chi connectivity index (χ0) is 10.1. The molecule has 0 saturated carbocycles. The van der Waals surface area contributed by atoms with Crippen LogP contribution >= 0.6 is 22.9 Å². The predicted octanol–water partition coefficient (Wildman–Crippen LogP) is 2.01. The second-order valence-corrected chi connectivity index (χ2v) is 4.29. The number of fused-ring (bicyclic) bond motifs is 1. The first-order valence-corrected chi connectivity index (χ1v) is 5.64. The van der Waals surface area contributed by atoms with Crippen molar-refractivity contribution in [1.29, 1.82) is 0 Å². The summed E-state index contributed by atoms with van der Waals surface area (Å²) < 4.78 is 2.26. The molecule has 2 rings (SSSR count). The zero-order valence-corrected chi connectivity index (χ0v) is 9.23. The van der Waals surface area contributed by atoms with Crippen molar-refractivity contribution in [3.8, 4) is 0 Å². The Hall–Kier alpha value is -0.870. The smallest absolute Gasteiger partial charge is 0.271 e. The van der Waals surface area contributed by atoms with Crippen molar-refractivity contribution >= 4 is 33.2 Å². The molecule has 0 spiro atoms. The van der Waals surface area contributed by atoms with Crippen molar-refractivity contribution in [2.75, 3.05) is 5.88 Å². The Bertz CT molecular complexity index is 517. The third-order valence-electron chi connectivity index (χ3n) is 2.05. The standard InChI is InChI=1S/C9H9ClN2OS/c1-6-4-14-8-7(6)11-5-12(3-2-10)9(8)13/h4-5H,2-3H2,1H3. The van der Waals surface area contributed by atoms with Crippen molar-refractivity contribution in [2.24, 2.45) is 0 Å². The van der Waals surface area contributed by atoms with Gasteiger partial charge in [-0.2, -0.15) is 0 Å². The van der Waals surface area contributed by atoms with E-state index in [0.29, 0.717) is 12.4 Å². The second kappa shape index (κ2) is 3.71. The molecular weight excluding hydrogens is 220 g/mol. The molecule has 0 atom stereocenters. The SMILES string of the molecule is Cc1csc2c(=O)n(CCCl)cnc12. The Balaban J connectivity index is 2.70. The van der Waals surface area contributed by atoms with Gasteiger partial charge in [0.05, 0.1) is 11.8 Å². The van der Waals surface area contributed by atoms with Gasteiger partial charge in [-0.3, -0.25) is 9.36 Å². The van der Waals surface area contributed by atoms with Gasteiger partial charge in [0.15, 0.2) is 0 Å². The molecule has 0 saturated heterocycles. The third-order valence-corrected chi connectivity index (χ3v) is 3.29. The maximum absolute atomic E-state index is 11.8. The van der Waals surface area contributed by atoms with Gasteiger partial charge in [0, 0.05) is 12.4 Å². The topological polar surface area (TPSA) is 34.9 Å². The number of aryl methyl sites for hydroxylation is 2. The number of aromatic nitrogens is 2. The number of halogens is 1. The van der Waals surface area contributed by atoms with E-state index in [4.69, 9.17) is 11.6 Å². The van der Waals surface area contributed by atoms with E-state index in [1.54, 1.807) is 10.9 Å². The monoisotopic (exact) mass is 228 g/mol. The average Bonchev–Trinajstić information content (AvgIpc) is 2.54. The lowest BCUT2D eigenvalue weighted by Crippen LogP contribution is -2.20. The number of hydrogen-bond acceptors (Lipinski definition) is 3. The van der Waals surface area contributed by atoms with Crippen LogP contribution in [0.25, 0.3) is 10.2 Å². The molecule has 0 amide bonds. The highest BCUT2D eigenvalue weighted by atomic mass is 35.5. The fraction of sp³-hybridized carbons (Fsp3) is 0.333. The average molecular weight is 229 g/mol. The van der Waals surface area contributed by atoms with Gasteiger partial charge in [-0.25, -0.2) is 4.98 Å². The van der Waals surface area contributed by atoms with Crippen LogP contribution in [0, 0.1) is 6.92 Å². The van der Waals surface area contributed by atoms with Crippen LogP contribution in [-0.2, 0) is 6.54 Å². The molecule has 0 aliphatic rings. The summed E-state index contributed by atoms with van der Waals surface area (Å²) in [7, 11) is 0. The molecule has 3 nitrogen and oxygen atoms in total. The fourth-order valence-corrected chi connectivity index (χ4v) is 2.44. The quantitative estimate of drug-likeness (QED) is 0.737. The molecule has 2 aromatic heterocycles. The third kappa shape index (κ3) is 1.44. The van der Waals surface area contributed by atoms with Crippen LogP contribution in [0.15, 0.2) is 16.5 Å². The normalized spacial score (nSPS) is 11.0. The Morgan fingerprint density at radius 1 is 1.64 bits per heavy atom. The zero-order valence-electron chi connectivity index (χ0n) is 7.66. The van der Waals surface area contributed by atoms with Crippen molar-refractivity contribution < 1.29 is 0 Å². The minimum atomic E-state index is 0.00810. The minimum Gasteiger partial charge on any atom is -0.297 e. The van der Waals surface area contributed by atoms with E-state index in [0.717, 1.165) is 15.8 Å². The molecule has 2 aromatic rings. The Morgan fingerprint density at radius 3 is 3.14 bits per heavy atom. The molecule has 0 N–H and O–H groups in total. The first-order chi connectivity index (χ1) is 6.74. The molecule has 0 aliphatic heterocycles. The second-order valence-electron chi connectivity index (χ2n) is 3.03. The van der Waals surface area contributed by atoms with Gasteiger partial charge >= 0.3 is 0 Å². The van der Waals surface area contributed by atoms with E-state index in [-0.39, 0.29) is 5.56 Å². The highest BCUT2D eigenvalue weighted by Gasteiger charge is 2.07. The molecule has 0 aliphatic carbocycles. The molecule has 5 heteroatoms. The van der Waals surface area contributed by atoms with Crippen molar-refractivity contribution in [3.05, 3.63) is 27.6 Å². The summed E-state index contributed by atoms with van der Waals surface area (Å²) in [5, 5.41) is 1.95. The van der Waals surface area contributed by atoms with Crippen LogP contribution in [0.2, 0.25) is 0 Å². The summed E-state index contributed by atoms with van der Waals surface area (Å²) in [4.78, 5) is 16.0. The fourth-order valence-electron chi connectivity index (χ4n) is 1.31. The molecule has 0 radical (unpaired) electrons. The number of hydrogen-bond donors (Lipinski definition) is 0. The largest absolute Gasteiger partial charge is 0.297 e. The van der Waals surface area contributed by atoms with Gasteiger partial charge in [0.2, 0.25) is 0 Å². The van der Waals surface area contributed by atoms with Crippen LogP contribution in [0.4, 0.5) is 0 Å². The van der Waals surface area contributed by atoms with E-state index < -0.39 is 0 Å². The molecule has 0 aromatic carbocycles. The lowest BCUT2D eigenvalue weighted by Gasteiger charge is -2.01.